The molecule has 0 unspecified atom stereocenters. The molecule has 1 aliphatic carbocycles. The standard InChI is InChI=1S/C25H26ClN5O3/c1-15-6-9-27-17(10-15)12-31-22(19-5-4-18(11-20(19)26)33-13-16(2)32)30-21-23(31)28-14-29-24(21)34-25(3)7-8-25/h4-6,9-11,14,16,32H,7-8,12-13H2,1-3H3/t16-/m0/s1. The first kappa shape index (κ1) is 22.6. The van der Waals surface area contributed by atoms with Gasteiger partial charge in [-0.25, -0.2) is 9.97 Å². The molecule has 5 rings (SSSR count). The highest BCUT2D eigenvalue weighted by Crippen LogP contribution is 2.41. The van der Waals surface area contributed by atoms with E-state index in [0.29, 0.717) is 40.2 Å². The molecule has 1 N–H and O–H groups in total. The van der Waals surface area contributed by atoms with Crippen molar-refractivity contribution in [2.75, 3.05) is 6.61 Å². The molecule has 8 nitrogen and oxygen atoms in total. The fraction of sp³-hybridized carbons (Fsp3) is 0.360. The number of hydrogen-bond donors (Lipinski definition) is 1. The van der Waals surface area contributed by atoms with Crippen LogP contribution < -0.4 is 9.47 Å². The Bertz CT molecular complexity index is 1350. The minimum Gasteiger partial charge on any atom is -0.491 e. The number of halogens is 1. The van der Waals surface area contributed by atoms with Gasteiger partial charge in [0.05, 0.1) is 23.4 Å². The van der Waals surface area contributed by atoms with E-state index in [0.717, 1.165) is 29.7 Å². The van der Waals surface area contributed by atoms with Gasteiger partial charge in [0.1, 0.15) is 30.1 Å². The molecule has 0 bridgehead atoms. The zero-order valence-corrected chi connectivity index (χ0v) is 20.1. The maximum atomic E-state index is 9.50. The number of aliphatic hydroxyl groups excluding tert-OH is 1. The summed E-state index contributed by atoms with van der Waals surface area (Å²) in [6.45, 7) is 6.41. The number of aryl methyl sites for hydroxylation is 1. The van der Waals surface area contributed by atoms with E-state index < -0.39 is 6.10 Å². The van der Waals surface area contributed by atoms with Gasteiger partial charge >= 0.3 is 0 Å². The summed E-state index contributed by atoms with van der Waals surface area (Å²) in [7, 11) is 0. The monoisotopic (exact) mass is 479 g/mol. The molecule has 1 aliphatic rings. The Morgan fingerprint density at radius 3 is 2.71 bits per heavy atom. The molecule has 1 atom stereocenters. The molecule has 0 radical (unpaired) electrons. The summed E-state index contributed by atoms with van der Waals surface area (Å²) in [5.74, 6) is 1.68. The number of benzene rings is 1. The van der Waals surface area contributed by atoms with Gasteiger partial charge < -0.3 is 19.1 Å². The Balaban J connectivity index is 1.61. The van der Waals surface area contributed by atoms with E-state index in [9.17, 15) is 5.11 Å². The van der Waals surface area contributed by atoms with Crippen LogP contribution in [0, 0.1) is 6.92 Å². The van der Waals surface area contributed by atoms with Gasteiger partial charge in [-0.1, -0.05) is 11.6 Å². The largest absolute Gasteiger partial charge is 0.491 e. The normalized spacial score (nSPS) is 15.3. The van der Waals surface area contributed by atoms with Crippen LogP contribution in [0.15, 0.2) is 42.9 Å². The zero-order chi connectivity index (χ0) is 23.9. The molecular formula is C25H26ClN5O3. The summed E-state index contributed by atoms with van der Waals surface area (Å²) in [6, 6.07) is 9.39. The van der Waals surface area contributed by atoms with Crippen LogP contribution in [0.2, 0.25) is 5.02 Å². The SMILES string of the molecule is Cc1ccnc(Cn2c(-c3ccc(OC[C@H](C)O)cc3Cl)nc3c(OC4(C)CC4)ncnc32)c1. The molecule has 0 aliphatic heterocycles. The first-order valence-electron chi connectivity index (χ1n) is 11.2. The molecule has 1 fully saturated rings. The summed E-state index contributed by atoms with van der Waals surface area (Å²) < 4.78 is 13.8. The first-order valence-corrected chi connectivity index (χ1v) is 11.6. The molecule has 3 heterocycles. The third kappa shape index (κ3) is 4.69. The summed E-state index contributed by atoms with van der Waals surface area (Å²) in [5.41, 5.74) is 3.75. The van der Waals surface area contributed by atoms with E-state index >= 15 is 0 Å². The Morgan fingerprint density at radius 2 is 2.00 bits per heavy atom. The summed E-state index contributed by atoms with van der Waals surface area (Å²) in [4.78, 5) is 18.3. The van der Waals surface area contributed by atoms with Crippen molar-refractivity contribution in [3.8, 4) is 23.0 Å². The van der Waals surface area contributed by atoms with Crippen LogP contribution in [-0.2, 0) is 6.54 Å². The van der Waals surface area contributed by atoms with Gasteiger partial charge in [0.2, 0.25) is 5.88 Å². The smallest absolute Gasteiger partial charge is 0.245 e. The molecule has 9 heteroatoms. The average molecular weight is 480 g/mol. The van der Waals surface area contributed by atoms with Crippen molar-refractivity contribution in [1.29, 1.82) is 0 Å². The Hall–Kier alpha value is -3.23. The van der Waals surface area contributed by atoms with Crippen molar-refractivity contribution < 1.29 is 14.6 Å². The lowest BCUT2D eigenvalue weighted by molar-refractivity contribution is 0.123. The molecule has 4 aromatic rings. The lowest BCUT2D eigenvalue weighted by Crippen LogP contribution is -2.13. The number of aromatic nitrogens is 5. The molecule has 0 saturated heterocycles. The van der Waals surface area contributed by atoms with Gasteiger partial charge in [0.25, 0.3) is 0 Å². The number of aliphatic hydroxyl groups is 1. The van der Waals surface area contributed by atoms with Gasteiger partial charge in [-0.15, -0.1) is 0 Å². The summed E-state index contributed by atoms with van der Waals surface area (Å²) in [6.07, 6.45) is 4.69. The number of nitrogens with zero attached hydrogens (tertiary/aromatic N) is 5. The molecule has 3 aromatic heterocycles. The molecule has 176 valence electrons. The molecule has 0 amide bonds. The number of hydrogen-bond acceptors (Lipinski definition) is 7. The predicted octanol–water partition coefficient (Wildman–Crippen LogP) is 4.59. The van der Waals surface area contributed by atoms with Gasteiger partial charge in [0, 0.05) is 11.8 Å². The van der Waals surface area contributed by atoms with Crippen molar-refractivity contribution in [2.45, 2.75) is 51.9 Å². The maximum absolute atomic E-state index is 9.50. The van der Waals surface area contributed by atoms with Crippen LogP contribution >= 0.6 is 11.6 Å². The zero-order valence-electron chi connectivity index (χ0n) is 19.3. The van der Waals surface area contributed by atoms with Crippen LogP contribution in [0.3, 0.4) is 0 Å². The minimum absolute atomic E-state index is 0.183. The van der Waals surface area contributed by atoms with Gasteiger partial charge in [-0.3, -0.25) is 4.98 Å². The lowest BCUT2D eigenvalue weighted by atomic mass is 10.2. The van der Waals surface area contributed by atoms with Crippen LogP contribution in [0.4, 0.5) is 0 Å². The number of imidazole rings is 1. The molecule has 34 heavy (non-hydrogen) atoms. The second-order valence-electron chi connectivity index (χ2n) is 9.05. The molecule has 1 saturated carbocycles. The molecule has 1 aromatic carbocycles. The van der Waals surface area contributed by atoms with Crippen LogP contribution in [0.5, 0.6) is 11.6 Å². The topological polar surface area (TPSA) is 95.2 Å². The predicted molar refractivity (Wildman–Crippen MR) is 129 cm³/mol. The van der Waals surface area contributed by atoms with E-state index in [-0.39, 0.29) is 12.2 Å². The van der Waals surface area contributed by atoms with Crippen LogP contribution in [0.25, 0.3) is 22.6 Å². The summed E-state index contributed by atoms with van der Waals surface area (Å²) in [5, 5.41) is 9.97. The van der Waals surface area contributed by atoms with E-state index in [1.165, 1.54) is 6.33 Å². The number of ether oxygens (including phenoxy) is 2. The highest BCUT2D eigenvalue weighted by Gasteiger charge is 2.41. The fourth-order valence-corrected chi connectivity index (χ4v) is 3.94. The second-order valence-corrected chi connectivity index (χ2v) is 9.46. The quantitative estimate of drug-likeness (QED) is 0.395. The molecule has 0 spiro atoms. The highest BCUT2D eigenvalue weighted by molar-refractivity contribution is 6.33. The first-order chi connectivity index (χ1) is 16.3. The van der Waals surface area contributed by atoms with Crippen molar-refractivity contribution in [3.05, 3.63) is 59.1 Å². The van der Waals surface area contributed by atoms with E-state index in [4.69, 9.17) is 26.1 Å². The lowest BCUT2D eigenvalue weighted by Gasteiger charge is -2.12. The second kappa shape index (κ2) is 8.85. The van der Waals surface area contributed by atoms with Crippen LogP contribution in [0.1, 0.15) is 37.9 Å². The van der Waals surface area contributed by atoms with E-state index in [1.807, 2.05) is 35.8 Å². The fourth-order valence-electron chi connectivity index (χ4n) is 3.69. The third-order valence-corrected chi connectivity index (χ3v) is 6.07. The average Bonchev–Trinajstić information content (AvgIpc) is 3.41. The van der Waals surface area contributed by atoms with Gasteiger partial charge in [0.15, 0.2) is 11.2 Å². The Kier molecular flexibility index (Phi) is 5.87. The van der Waals surface area contributed by atoms with Crippen molar-refractivity contribution in [2.24, 2.45) is 0 Å². The van der Waals surface area contributed by atoms with Gasteiger partial charge in [-0.2, -0.15) is 4.98 Å². The van der Waals surface area contributed by atoms with Crippen LogP contribution in [-0.4, -0.2) is 47.9 Å². The Labute approximate surface area is 202 Å². The number of rotatable bonds is 8. The maximum Gasteiger partial charge on any atom is 0.245 e. The highest BCUT2D eigenvalue weighted by atomic mass is 35.5. The minimum atomic E-state index is -0.574. The van der Waals surface area contributed by atoms with Crippen molar-refractivity contribution in [3.63, 3.8) is 0 Å². The van der Waals surface area contributed by atoms with Gasteiger partial charge in [-0.05, 0) is 69.5 Å². The Morgan fingerprint density at radius 1 is 1.18 bits per heavy atom. The number of pyridine rings is 1. The van der Waals surface area contributed by atoms with Crippen molar-refractivity contribution in [1.82, 2.24) is 24.5 Å². The van der Waals surface area contributed by atoms with Crippen molar-refractivity contribution >= 4 is 22.8 Å². The third-order valence-electron chi connectivity index (χ3n) is 5.76. The summed E-state index contributed by atoms with van der Waals surface area (Å²) >= 11 is 6.68. The van der Waals surface area contributed by atoms with E-state index in [1.54, 1.807) is 19.2 Å². The molecular weight excluding hydrogens is 454 g/mol. The number of fused-ring (bicyclic) bond motifs is 1. The van der Waals surface area contributed by atoms with E-state index in [2.05, 4.69) is 21.9 Å².